The van der Waals surface area contributed by atoms with Crippen molar-refractivity contribution in [1.82, 2.24) is 43.0 Å². The Morgan fingerprint density at radius 1 is 0.302 bits per heavy atom. The SMILES string of the molecule is CO[C@@H]1OC(CO)[C@@H](O)[C@H](O[C@@H]2OC(C(=O)NNC(=O)OCC3O[C@H](O[C@H]4OC(COC(=O)NNC(=O)C5O[C@@H](O[C@@H]6C(NC(C)=O)[C@H](OC)OC(CO)[C@H]6O)C(O)[C@@H](O)[C@@H]5O[C@@H]5OC(CO)[C@@H](O)[C@H](O[C@@H]6OC(C(=O)[O-])[C@@H](C)[C@H](O)C6O)C5NC(C)=O)[C@@H](O)[C@H](O)C4O)C(O)[C@@H](O)[C@@H]3O)[C@@H](O[C@@H]3OC(CO)[C@@H](O)[C@H](O[C@@H]4OC([C-]=O)[C@@H](C)[C@H](O)C4O)C3NC(C)=O)[C@H](O)C2O)C1NC(C)=O.[Na+].[Na+].[OH-]. The second kappa shape index (κ2) is 53.4. The number of nitrogens with one attached hydrogen (secondary N) is 8. The van der Waals surface area contributed by atoms with Crippen molar-refractivity contribution in [2.45, 2.75) is 336 Å². The second-order valence-corrected chi connectivity index (χ2v) is 33.2. The van der Waals surface area contributed by atoms with E-state index in [0.29, 0.717) is 0 Å². The van der Waals surface area contributed by atoms with Crippen LogP contribution < -0.4 is 107 Å². The number of carboxylic acids is 1. The average molecular weight is 2040 g/mol. The van der Waals surface area contributed by atoms with E-state index in [-0.39, 0.29) is 64.6 Å². The van der Waals surface area contributed by atoms with Crippen molar-refractivity contribution in [2.75, 3.05) is 53.9 Å². The number of rotatable bonds is 32. The molecule has 0 bridgehead atoms. The van der Waals surface area contributed by atoms with Crippen molar-refractivity contribution in [1.29, 1.82) is 0 Å². The molecular weight excluding hydrogens is 1930 g/mol. The van der Waals surface area contributed by atoms with Crippen LogP contribution >= 0.6 is 0 Å². The monoisotopic (exact) mass is 2040 g/mol. The fourth-order valence-corrected chi connectivity index (χ4v) is 16.5. The van der Waals surface area contributed by atoms with Crippen LogP contribution in [-0.2, 0) is 138 Å². The molecule has 10 aliphatic rings. The molecule has 10 heterocycles. The van der Waals surface area contributed by atoms with Crippen LogP contribution in [0.4, 0.5) is 9.59 Å². The molecule has 0 radical (unpaired) electrons. The van der Waals surface area contributed by atoms with E-state index < -0.39 is 400 Å². The largest absolute Gasteiger partial charge is 1.00 e. The Labute approximate surface area is 829 Å². The van der Waals surface area contributed by atoms with Gasteiger partial charge in [-0.05, 0) is 12.0 Å². The van der Waals surface area contributed by atoms with Gasteiger partial charge in [0, 0.05) is 47.8 Å². The van der Waals surface area contributed by atoms with Gasteiger partial charge in [0.1, 0.15) is 214 Å². The van der Waals surface area contributed by atoms with Crippen molar-refractivity contribution in [3.05, 3.63) is 0 Å². The van der Waals surface area contributed by atoms with Gasteiger partial charge < -0.3 is 253 Å². The summed E-state index contributed by atoms with van der Waals surface area (Å²) in [7, 11) is 2.15. The molecule has 65 heteroatoms. The van der Waals surface area contributed by atoms with E-state index in [4.69, 9.17) is 99.5 Å². The van der Waals surface area contributed by atoms with Gasteiger partial charge in [0.25, 0.3) is 11.8 Å². The summed E-state index contributed by atoms with van der Waals surface area (Å²) in [6.07, 6.45) is -96.1. The van der Waals surface area contributed by atoms with Gasteiger partial charge >= 0.3 is 71.3 Å². The van der Waals surface area contributed by atoms with E-state index in [1.54, 1.807) is 10.9 Å². The van der Waals surface area contributed by atoms with Crippen LogP contribution in [0, 0.1) is 11.8 Å². The standard InChI is InChI=1S/C74H117N8O54.2Na.H2O/c1-16-22(9-83)120-67(45(104)33(16)92)128-54-31(77-20(5)90)65(123-25(12-86)39(54)98)132-56-43(102)49(108)71(129-52-29(75-18(3)88)63(116-7)121-23(10-84)37(52)96)134-58(56)60(110)79-81-73(114)118-14-27-35(94)41(100)47(106)68(125-27)136-69-48(107)42(101)36(95)28(126-69)15-119-74(115)82-80-61(111)59-57(44(103)50(109)72(135-59)130-53-30(76-19(4)89)64(117-8)122-24(11-85)38(53)97)133-66-32(78-21(6)91)55(40(99)26(13-87)124-66)131-70-46(105)34(93)17(2)51(127-70)62(112)113;;;/h16-17,22-59,63-72,84-87,92-109H,10-15H2,1-8H3,(H,75,88)(H,76,89)(H,77,90)(H,78,91)(H,79,110)(H,80,111)(H,81,114)(H,82,115)(H,112,113);;;1H2/q-1;2*+1;/p-2/t16-,17+,22?,23?,24?,25?,26?,27?,28?,29?,30?,31?,32?,33+,34+,35-,36-,37-,38-,39-,40-,41+,42+,43-,44-,45?,46?,47?,48?,49?,50?,51?,52-,53-,54-,55-,56+,57+,58?,59?,63-,64-,65+,66+,67+,68-,69-,70+,71-,72-;;;/m1.../s1. The van der Waals surface area contributed by atoms with E-state index in [1.165, 1.54) is 13.2 Å². The zero-order valence-electron chi connectivity index (χ0n) is 75.5. The summed E-state index contributed by atoms with van der Waals surface area (Å²) >= 11 is 0. The van der Waals surface area contributed by atoms with Crippen molar-refractivity contribution in [3.8, 4) is 0 Å². The molecule has 50 atom stereocenters. The number of aliphatic carboxylic acids is 1. The molecule has 0 aromatic carbocycles. The Morgan fingerprint density at radius 3 is 0.856 bits per heavy atom. The molecule has 20 unspecified atom stereocenters. The molecule has 10 fully saturated rings. The predicted molar refractivity (Wildman–Crippen MR) is 414 cm³/mol. The first-order valence-corrected chi connectivity index (χ1v) is 42.2. The minimum absolute atomic E-state index is 0. The van der Waals surface area contributed by atoms with E-state index in [0.717, 1.165) is 48.8 Å². The maximum absolute atomic E-state index is 14.6. The summed E-state index contributed by atoms with van der Waals surface area (Å²) in [5.41, 5.74) is 7.15. The van der Waals surface area contributed by atoms with Crippen molar-refractivity contribution in [3.63, 3.8) is 0 Å². The Kier molecular flexibility index (Phi) is 46.4. The Hall–Kier alpha value is -5.18. The van der Waals surface area contributed by atoms with Crippen LogP contribution in [0.15, 0.2) is 0 Å². The molecule has 10 saturated heterocycles. The fourth-order valence-electron chi connectivity index (χ4n) is 16.5. The molecular formula is C74H117N8Na2O55-. The number of carbonyl (C=O) groups is 9. The summed E-state index contributed by atoms with van der Waals surface area (Å²) in [6, 6.07) is -7.11. The molecule has 31 N–H and O–H groups in total. The summed E-state index contributed by atoms with van der Waals surface area (Å²) in [5, 5.41) is 267. The molecule has 8 amide bonds. The number of carboxylic acid groups (broad SMARTS) is 1. The Morgan fingerprint density at radius 2 is 0.561 bits per heavy atom. The summed E-state index contributed by atoms with van der Waals surface area (Å²) in [4.78, 5) is 131. The third kappa shape index (κ3) is 28.0. The number of methoxy groups -OCH3 is 2. The zero-order valence-corrected chi connectivity index (χ0v) is 79.5. The summed E-state index contributed by atoms with van der Waals surface area (Å²) in [5.74, 6) is -11.3. The minimum Gasteiger partial charge on any atom is -0.870 e. The predicted octanol–water partition coefficient (Wildman–Crippen LogP) is -28.2. The normalized spacial score (nSPS) is 44.5. The summed E-state index contributed by atoms with van der Waals surface area (Å²) < 4.78 is 119. The topological polar surface area (TPSA) is 959 Å². The van der Waals surface area contributed by atoms with Gasteiger partial charge in [-0.3, -0.25) is 39.6 Å². The number of ether oxygens (including phenoxy) is 21. The van der Waals surface area contributed by atoms with Crippen molar-refractivity contribution in [2.24, 2.45) is 11.8 Å². The number of hydrazine groups is 2. The average Bonchev–Trinajstić information content (AvgIpc) is 0.769. The number of hydrogen-bond acceptors (Lipinski definition) is 55. The van der Waals surface area contributed by atoms with E-state index in [2.05, 4.69) is 21.3 Å². The maximum atomic E-state index is 14.6. The van der Waals surface area contributed by atoms with E-state index >= 15 is 0 Å². The molecule has 786 valence electrons. The first-order chi connectivity index (χ1) is 64.2. The van der Waals surface area contributed by atoms with Gasteiger partial charge in [-0.1, -0.05) is 13.8 Å². The molecule has 0 aromatic heterocycles. The third-order valence-electron chi connectivity index (χ3n) is 23.8. The number of aliphatic hydroxyl groups excluding tert-OH is 22. The Balaban J connectivity index is 0.00000876. The molecule has 0 aromatic rings. The van der Waals surface area contributed by atoms with E-state index in [1.807, 2.05) is 10.9 Å². The number of amides is 8. The Bertz CT molecular complexity index is 3950. The first kappa shape index (κ1) is 121. The van der Waals surface area contributed by atoms with Crippen molar-refractivity contribution >= 4 is 59.9 Å². The third-order valence-corrected chi connectivity index (χ3v) is 23.8. The first-order valence-electron chi connectivity index (χ1n) is 42.2. The van der Waals surface area contributed by atoms with Gasteiger partial charge in [-0.25, -0.2) is 26.7 Å². The molecule has 0 spiro atoms. The number of carbonyl (C=O) groups excluding carboxylic acids is 10. The minimum atomic E-state index is -2.58. The van der Waals surface area contributed by atoms with Gasteiger partial charge in [-0.15, -0.1) is 0 Å². The number of aliphatic hydroxyl groups is 22. The molecule has 10 aliphatic heterocycles. The molecule has 0 saturated carbocycles. The van der Waals surface area contributed by atoms with Crippen LogP contribution in [0.25, 0.3) is 0 Å². The van der Waals surface area contributed by atoms with Crippen LogP contribution in [0.3, 0.4) is 0 Å². The smallest absolute Gasteiger partial charge is 0.870 e. The fraction of sp³-hybridized carbons (Fsp3) is 0.865. The quantitative estimate of drug-likeness (QED) is 0.0169. The maximum Gasteiger partial charge on any atom is 1.00 e. The van der Waals surface area contributed by atoms with Crippen LogP contribution in [0.2, 0.25) is 0 Å². The zero-order chi connectivity index (χ0) is 101. The van der Waals surface area contributed by atoms with Crippen LogP contribution in [0.1, 0.15) is 41.5 Å². The van der Waals surface area contributed by atoms with Gasteiger partial charge in [0.15, 0.2) is 75.1 Å². The van der Waals surface area contributed by atoms with Gasteiger partial charge in [-0.2, -0.15) is 0 Å². The van der Waals surface area contributed by atoms with Crippen LogP contribution in [0.5, 0.6) is 0 Å². The van der Waals surface area contributed by atoms with Gasteiger partial charge in [0.2, 0.25) is 23.6 Å². The van der Waals surface area contributed by atoms with Gasteiger partial charge in [0.05, 0.1) is 44.6 Å². The second-order valence-electron chi connectivity index (χ2n) is 33.2. The molecule has 63 nitrogen and oxygen atoms in total. The van der Waals surface area contributed by atoms with Crippen molar-refractivity contribution < 1.29 is 329 Å². The van der Waals surface area contributed by atoms with Crippen LogP contribution in [-0.4, -0.2) is 526 Å². The molecule has 10 rings (SSSR count). The van der Waals surface area contributed by atoms with E-state index in [9.17, 15) is 165 Å². The molecule has 139 heavy (non-hydrogen) atoms. The number of hydrogen-bond donors (Lipinski definition) is 30. The summed E-state index contributed by atoms with van der Waals surface area (Å²) in [6.45, 7) is -0.424. The molecule has 0 aliphatic carbocycles.